The molecule has 12 heteroatoms. The van der Waals surface area contributed by atoms with Gasteiger partial charge >= 0.3 is 17.5 Å². The summed E-state index contributed by atoms with van der Waals surface area (Å²) in [6, 6.07) is 18.7. The van der Waals surface area contributed by atoms with E-state index >= 15 is 0 Å². The highest BCUT2D eigenvalue weighted by Crippen LogP contribution is 2.37. The average Bonchev–Trinajstić information content (AvgIpc) is 2.98. The molecule has 1 aliphatic carbocycles. The van der Waals surface area contributed by atoms with Gasteiger partial charge in [-0.15, -0.1) is 0 Å². The van der Waals surface area contributed by atoms with Crippen LogP contribution in [0.1, 0.15) is 47.2 Å². The number of rotatable bonds is 10. The van der Waals surface area contributed by atoms with Gasteiger partial charge in [0, 0.05) is 21.8 Å². The Morgan fingerprint density at radius 2 is 1.70 bits per heavy atom. The topological polar surface area (TPSA) is 119 Å². The molecule has 1 aliphatic rings. The molecule has 0 heterocycles. The normalized spacial score (nSPS) is 13.9. The van der Waals surface area contributed by atoms with E-state index in [9.17, 15) is 32.7 Å². The summed E-state index contributed by atoms with van der Waals surface area (Å²) < 4.78 is 38.7. The summed E-state index contributed by atoms with van der Waals surface area (Å²) in [6.07, 6.45) is 4.75. The Hall–Kier alpha value is -4.29. The van der Waals surface area contributed by atoms with Gasteiger partial charge in [-0.25, -0.2) is 9.59 Å². The lowest BCUT2D eigenvalue weighted by Gasteiger charge is -2.24. The summed E-state index contributed by atoms with van der Waals surface area (Å²) in [5.74, 6) is -2.03. The standard InChI is InChI=1S/C31H30F3N3O5S/c32-31(33,34)43-26-8-4-7-24(17-26)36-30(42)37(25-15-13-22(14-16-25)21-5-2-1-3-6-21)19-20-9-11-23(12-10-20)28(39)35-18-27(38)29(40)41/h4-5,7-17,27,38H,1-3,6,18-19H2,(H,35,39)(H,36,42)(H,40,41)/t27-/m1/s1. The van der Waals surface area contributed by atoms with E-state index in [1.807, 2.05) is 24.3 Å². The maximum absolute atomic E-state index is 13.5. The minimum Gasteiger partial charge on any atom is -0.479 e. The number of thioether (sulfide) groups is 1. The summed E-state index contributed by atoms with van der Waals surface area (Å²) in [7, 11) is 0. The van der Waals surface area contributed by atoms with Crippen LogP contribution in [0.5, 0.6) is 0 Å². The molecular weight excluding hydrogens is 583 g/mol. The Morgan fingerprint density at radius 1 is 0.977 bits per heavy atom. The highest BCUT2D eigenvalue weighted by atomic mass is 32.2. The number of aliphatic carboxylic acids is 1. The molecule has 0 radical (unpaired) electrons. The van der Waals surface area contributed by atoms with Gasteiger partial charge in [0.1, 0.15) is 0 Å². The Balaban J connectivity index is 1.54. The molecule has 8 nitrogen and oxygen atoms in total. The number of urea groups is 1. The number of carboxylic acid groups (broad SMARTS) is 1. The van der Waals surface area contributed by atoms with Crippen molar-refractivity contribution in [3.63, 3.8) is 0 Å². The number of halogens is 3. The minimum absolute atomic E-state index is 0.0632. The van der Waals surface area contributed by atoms with Crippen molar-refractivity contribution < 1.29 is 37.8 Å². The van der Waals surface area contributed by atoms with Crippen molar-refractivity contribution in [2.24, 2.45) is 0 Å². The van der Waals surface area contributed by atoms with E-state index < -0.39 is 36.1 Å². The highest BCUT2D eigenvalue weighted by molar-refractivity contribution is 8.00. The number of carboxylic acids is 1. The number of aliphatic hydroxyl groups is 1. The number of nitrogens with zero attached hydrogens (tertiary/aromatic N) is 1. The second-order valence-electron chi connectivity index (χ2n) is 9.87. The van der Waals surface area contributed by atoms with Crippen LogP contribution in [0.3, 0.4) is 0 Å². The van der Waals surface area contributed by atoms with Crippen molar-refractivity contribution in [1.29, 1.82) is 0 Å². The molecule has 4 rings (SSSR count). The fourth-order valence-electron chi connectivity index (χ4n) is 4.52. The van der Waals surface area contributed by atoms with Crippen molar-refractivity contribution in [3.8, 4) is 0 Å². The maximum atomic E-state index is 13.5. The molecular formula is C31H30F3N3O5S. The van der Waals surface area contributed by atoms with Crippen LogP contribution in [0.15, 0.2) is 83.8 Å². The molecule has 3 aromatic rings. The van der Waals surface area contributed by atoms with Crippen molar-refractivity contribution in [1.82, 2.24) is 5.32 Å². The lowest BCUT2D eigenvalue weighted by atomic mass is 9.93. The van der Waals surface area contributed by atoms with Crippen LogP contribution >= 0.6 is 11.8 Å². The Bertz CT molecular complexity index is 1480. The SMILES string of the molecule is O=C(NC[C@@H](O)C(=O)O)c1ccc(CN(C(=O)Nc2cccc(SC(F)(F)F)c2)c2ccc(C3=CCCCC3)cc2)cc1. The smallest absolute Gasteiger partial charge is 0.446 e. The third-order valence-corrected chi connectivity index (χ3v) is 7.42. The number of hydrogen-bond acceptors (Lipinski definition) is 5. The number of alkyl halides is 3. The summed E-state index contributed by atoms with van der Waals surface area (Å²) in [5.41, 5.74) is -0.531. The van der Waals surface area contributed by atoms with E-state index in [1.165, 1.54) is 46.9 Å². The lowest BCUT2D eigenvalue weighted by molar-refractivity contribution is -0.146. The third kappa shape index (κ3) is 9.35. The molecule has 43 heavy (non-hydrogen) atoms. The largest absolute Gasteiger partial charge is 0.479 e. The zero-order valence-electron chi connectivity index (χ0n) is 22.9. The van der Waals surface area contributed by atoms with Crippen molar-refractivity contribution in [3.05, 3.63) is 95.6 Å². The zero-order chi connectivity index (χ0) is 31.0. The second kappa shape index (κ2) is 14.3. The molecule has 0 aromatic heterocycles. The van der Waals surface area contributed by atoms with Gasteiger partial charge in [-0.3, -0.25) is 9.69 Å². The van der Waals surface area contributed by atoms with E-state index in [2.05, 4.69) is 16.7 Å². The summed E-state index contributed by atoms with van der Waals surface area (Å²) >= 11 is -0.271. The van der Waals surface area contributed by atoms with Crippen LogP contribution in [0.25, 0.3) is 5.57 Å². The molecule has 0 saturated heterocycles. The number of carbonyl (C=O) groups is 3. The molecule has 0 unspecified atom stereocenters. The Labute approximate surface area is 250 Å². The van der Waals surface area contributed by atoms with Crippen molar-refractivity contribution >= 4 is 46.6 Å². The van der Waals surface area contributed by atoms with Gasteiger partial charge in [-0.05, 0) is 96.6 Å². The number of benzene rings is 3. The Kier molecular flexibility index (Phi) is 10.5. The van der Waals surface area contributed by atoms with Crippen LogP contribution in [0, 0.1) is 0 Å². The van der Waals surface area contributed by atoms with E-state index in [0.717, 1.165) is 31.2 Å². The van der Waals surface area contributed by atoms with E-state index in [-0.39, 0.29) is 34.5 Å². The fraction of sp³-hybridized carbons (Fsp3) is 0.258. The maximum Gasteiger partial charge on any atom is 0.446 e. The van der Waals surface area contributed by atoms with Gasteiger partial charge in [0.2, 0.25) is 0 Å². The van der Waals surface area contributed by atoms with Crippen LogP contribution in [0.4, 0.5) is 29.3 Å². The molecule has 226 valence electrons. The average molecular weight is 614 g/mol. The second-order valence-corrected chi connectivity index (χ2v) is 11.0. The predicted octanol–water partition coefficient (Wildman–Crippen LogP) is 6.67. The first-order valence-corrected chi connectivity index (χ1v) is 14.3. The molecule has 0 bridgehead atoms. The summed E-state index contributed by atoms with van der Waals surface area (Å²) in [5, 5.41) is 23.2. The molecule has 3 aromatic carbocycles. The van der Waals surface area contributed by atoms with Gasteiger partial charge in [0.05, 0.1) is 13.1 Å². The number of anilines is 2. The first kappa shape index (κ1) is 31.6. The quantitative estimate of drug-likeness (QED) is 0.190. The van der Waals surface area contributed by atoms with Crippen LogP contribution in [-0.4, -0.2) is 46.3 Å². The van der Waals surface area contributed by atoms with Crippen LogP contribution < -0.4 is 15.5 Å². The van der Waals surface area contributed by atoms with Crippen molar-refractivity contribution in [2.75, 3.05) is 16.8 Å². The van der Waals surface area contributed by atoms with Gasteiger partial charge in [-0.2, -0.15) is 13.2 Å². The molecule has 0 aliphatic heterocycles. The van der Waals surface area contributed by atoms with Gasteiger partial charge in [0.25, 0.3) is 5.91 Å². The molecule has 3 amide bonds. The third-order valence-electron chi connectivity index (χ3n) is 6.70. The Morgan fingerprint density at radius 3 is 2.33 bits per heavy atom. The zero-order valence-corrected chi connectivity index (χ0v) is 23.8. The first-order chi connectivity index (χ1) is 20.5. The van der Waals surface area contributed by atoms with Crippen molar-refractivity contribution in [2.45, 2.75) is 48.7 Å². The first-order valence-electron chi connectivity index (χ1n) is 13.5. The number of aliphatic hydroxyl groups excluding tert-OH is 1. The van der Waals surface area contributed by atoms with E-state index in [0.29, 0.717) is 11.3 Å². The number of amides is 3. The lowest BCUT2D eigenvalue weighted by Crippen LogP contribution is -2.36. The highest BCUT2D eigenvalue weighted by Gasteiger charge is 2.29. The molecule has 1 atom stereocenters. The van der Waals surface area contributed by atoms with Crippen LogP contribution in [0.2, 0.25) is 0 Å². The number of hydrogen-bond donors (Lipinski definition) is 4. The molecule has 4 N–H and O–H groups in total. The van der Waals surface area contributed by atoms with Gasteiger partial charge in [-0.1, -0.05) is 36.4 Å². The summed E-state index contributed by atoms with van der Waals surface area (Å²) in [6.45, 7) is -0.385. The summed E-state index contributed by atoms with van der Waals surface area (Å²) in [4.78, 5) is 38.0. The van der Waals surface area contributed by atoms with E-state index in [4.69, 9.17) is 5.11 Å². The molecule has 0 fully saturated rings. The van der Waals surface area contributed by atoms with Gasteiger partial charge in [0.15, 0.2) is 6.10 Å². The van der Waals surface area contributed by atoms with Gasteiger partial charge < -0.3 is 20.8 Å². The molecule has 0 saturated carbocycles. The van der Waals surface area contributed by atoms with Crippen LogP contribution in [-0.2, 0) is 11.3 Å². The molecule has 0 spiro atoms. The number of allylic oxidation sites excluding steroid dienone is 2. The number of carbonyl (C=O) groups excluding carboxylic acids is 2. The predicted molar refractivity (Wildman–Crippen MR) is 159 cm³/mol. The fourth-order valence-corrected chi connectivity index (χ4v) is 5.12. The monoisotopic (exact) mass is 613 g/mol. The minimum atomic E-state index is -4.47. The van der Waals surface area contributed by atoms with E-state index in [1.54, 1.807) is 12.1 Å². The number of nitrogens with one attached hydrogen (secondary N) is 2.